The van der Waals surface area contributed by atoms with Crippen molar-refractivity contribution >= 4 is 0 Å². The maximum absolute atomic E-state index is 5.43. The van der Waals surface area contributed by atoms with Crippen molar-refractivity contribution in [2.75, 3.05) is 13.1 Å². The molecule has 0 amide bonds. The standard InChI is InChI=1S/C18H22N6O/c1-12-5-7-14(8-6-12)18-20-16(23-25-18)11-24-9-3-4-15(10-24)17-19-13(2)21-22-17/h5-8,15H,3-4,9-11H2,1-2H3,(H,19,21,22)/t15-/m0/s1. The summed E-state index contributed by atoms with van der Waals surface area (Å²) in [5, 5.41) is 11.4. The molecule has 1 atom stereocenters. The van der Waals surface area contributed by atoms with Crippen LogP contribution in [0.4, 0.5) is 0 Å². The lowest BCUT2D eigenvalue weighted by Crippen LogP contribution is -2.34. The smallest absolute Gasteiger partial charge is 0.257 e. The molecule has 3 heterocycles. The molecule has 0 saturated carbocycles. The van der Waals surface area contributed by atoms with Gasteiger partial charge in [0.2, 0.25) is 0 Å². The number of hydrogen-bond acceptors (Lipinski definition) is 6. The zero-order chi connectivity index (χ0) is 17.2. The maximum Gasteiger partial charge on any atom is 0.257 e. The highest BCUT2D eigenvalue weighted by atomic mass is 16.5. The average Bonchev–Trinajstić information content (AvgIpc) is 3.25. The molecule has 4 rings (SSSR count). The summed E-state index contributed by atoms with van der Waals surface area (Å²) in [6, 6.07) is 8.12. The Morgan fingerprint density at radius 2 is 2.04 bits per heavy atom. The Hall–Kier alpha value is -2.54. The number of nitrogens with one attached hydrogen (secondary N) is 1. The Kier molecular flexibility index (Phi) is 4.31. The van der Waals surface area contributed by atoms with E-state index in [1.165, 1.54) is 5.56 Å². The molecule has 7 heteroatoms. The molecule has 25 heavy (non-hydrogen) atoms. The third kappa shape index (κ3) is 3.61. The first-order chi connectivity index (χ1) is 12.2. The van der Waals surface area contributed by atoms with E-state index in [0.717, 1.165) is 49.0 Å². The topological polar surface area (TPSA) is 83.7 Å². The molecular formula is C18H22N6O. The van der Waals surface area contributed by atoms with E-state index in [9.17, 15) is 0 Å². The van der Waals surface area contributed by atoms with Gasteiger partial charge >= 0.3 is 0 Å². The van der Waals surface area contributed by atoms with Crippen molar-refractivity contribution in [2.24, 2.45) is 0 Å². The van der Waals surface area contributed by atoms with Gasteiger partial charge in [-0.1, -0.05) is 22.9 Å². The minimum atomic E-state index is 0.363. The van der Waals surface area contributed by atoms with Gasteiger partial charge in [0.1, 0.15) is 5.82 Å². The van der Waals surface area contributed by atoms with Crippen molar-refractivity contribution in [3.8, 4) is 11.5 Å². The van der Waals surface area contributed by atoms with Gasteiger partial charge in [-0.15, -0.1) is 0 Å². The number of benzene rings is 1. The van der Waals surface area contributed by atoms with Crippen LogP contribution in [0.15, 0.2) is 28.8 Å². The molecule has 0 radical (unpaired) electrons. The summed E-state index contributed by atoms with van der Waals surface area (Å²) in [4.78, 5) is 11.4. The number of aromatic amines is 1. The summed E-state index contributed by atoms with van der Waals surface area (Å²) in [7, 11) is 0. The molecule has 0 spiro atoms. The quantitative estimate of drug-likeness (QED) is 0.787. The van der Waals surface area contributed by atoms with E-state index in [-0.39, 0.29) is 0 Å². The average molecular weight is 338 g/mol. The van der Waals surface area contributed by atoms with Gasteiger partial charge in [0.05, 0.1) is 6.54 Å². The molecule has 2 aromatic heterocycles. The summed E-state index contributed by atoms with van der Waals surface area (Å²) >= 11 is 0. The van der Waals surface area contributed by atoms with Gasteiger partial charge in [0.15, 0.2) is 11.6 Å². The fourth-order valence-corrected chi connectivity index (χ4v) is 3.28. The van der Waals surface area contributed by atoms with Crippen molar-refractivity contribution in [1.82, 2.24) is 30.2 Å². The van der Waals surface area contributed by atoms with Gasteiger partial charge in [-0.05, 0) is 45.4 Å². The van der Waals surface area contributed by atoms with Crippen LogP contribution in [0.2, 0.25) is 0 Å². The van der Waals surface area contributed by atoms with Gasteiger partial charge in [-0.2, -0.15) is 10.1 Å². The highest BCUT2D eigenvalue weighted by Crippen LogP contribution is 2.25. The van der Waals surface area contributed by atoms with E-state index in [0.29, 0.717) is 18.4 Å². The second kappa shape index (κ2) is 6.76. The van der Waals surface area contributed by atoms with Crippen molar-refractivity contribution in [3.05, 3.63) is 47.3 Å². The summed E-state index contributed by atoms with van der Waals surface area (Å²) in [6.45, 7) is 6.64. The first kappa shape index (κ1) is 16.0. The highest BCUT2D eigenvalue weighted by molar-refractivity contribution is 5.53. The molecule has 3 aromatic rings. The Bertz CT molecular complexity index is 837. The fourth-order valence-electron chi connectivity index (χ4n) is 3.28. The Morgan fingerprint density at radius 1 is 1.20 bits per heavy atom. The lowest BCUT2D eigenvalue weighted by atomic mass is 9.97. The molecule has 7 nitrogen and oxygen atoms in total. The normalized spacial score (nSPS) is 18.6. The SMILES string of the molecule is Cc1ccc(-c2nc(CN3CCC[C@H](c4n[nH]c(C)n4)C3)no2)cc1. The van der Waals surface area contributed by atoms with Crippen LogP contribution in [0, 0.1) is 13.8 Å². The Labute approximate surface area is 146 Å². The molecule has 1 aliphatic heterocycles. The van der Waals surface area contributed by atoms with Crippen LogP contribution < -0.4 is 0 Å². The third-order valence-corrected chi connectivity index (χ3v) is 4.62. The van der Waals surface area contributed by atoms with E-state index < -0.39 is 0 Å². The van der Waals surface area contributed by atoms with Crippen LogP contribution in [0.25, 0.3) is 11.5 Å². The summed E-state index contributed by atoms with van der Waals surface area (Å²) < 4.78 is 5.43. The highest BCUT2D eigenvalue weighted by Gasteiger charge is 2.25. The molecule has 130 valence electrons. The van der Waals surface area contributed by atoms with Gasteiger partial charge in [0, 0.05) is 18.0 Å². The minimum Gasteiger partial charge on any atom is -0.334 e. The summed E-state index contributed by atoms with van der Waals surface area (Å²) in [5.41, 5.74) is 2.17. The predicted octanol–water partition coefficient (Wildman–Crippen LogP) is 2.85. The molecule has 1 saturated heterocycles. The number of piperidine rings is 1. The maximum atomic E-state index is 5.43. The largest absolute Gasteiger partial charge is 0.334 e. The van der Waals surface area contributed by atoms with Crippen LogP contribution in [-0.2, 0) is 6.54 Å². The second-order valence-electron chi connectivity index (χ2n) is 6.74. The zero-order valence-electron chi connectivity index (χ0n) is 14.6. The minimum absolute atomic E-state index is 0.363. The molecule has 0 bridgehead atoms. The van der Waals surface area contributed by atoms with Crippen LogP contribution in [0.3, 0.4) is 0 Å². The molecule has 1 N–H and O–H groups in total. The number of likely N-dealkylation sites (tertiary alicyclic amines) is 1. The van der Waals surface area contributed by atoms with Crippen molar-refractivity contribution in [1.29, 1.82) is 0 Å². The Balaban J connectivity index is 1.42. The van der Waals surface area contributed by atoms with E-state index in [1.54, 1.807) is 0 Å². The fraction of sp³-hybridized carbons (Fsp3) is 0.444. The van der Waals surface area contributed by atoms with Gasteiger partial charge < -0.3 is 4.52 Å². The van der Waals surface area contributed by atoms with Crippen LogP contribution in [0.5, 0.6) is 0 Å². The monoisotopic (exact) mass is 338 g/mol. The number of hydrogen-bond donors (Lipinski definition) is 1. The molecular weight excluding hydrogens is 316 g/mol. The number of nitrogens with zero attached hydrogens (tertiary/aromatic N) is 5. The van der Waals surface area contributed by atoms with E-state index >= 15 is 0 Å². The van der Waals surface area contributed by atoms with Gasteiger partial charge in [-0.25, -0.2) is 4.98 Å². The predicted molar refractivity (Wildman–Crippen MR) is 92.8 cm³/mol. The lowest BCUT2D eigenvalue weighted by Gasteiger charge is -2.30. The van der Waals surface area contributed by atoms with Crippen LogP contribution in [0.1, 0.15) is 41.8 Å². The van der Waals surface area contributed by atoms with Gasteiger partial charge in [-0.3, -0.25) is 10.00 Å². The third-order valence-electron chi connectivity index (χ3n) is 4.62. The summed E-state index contributed by atoms with van der Waals surface area (Å²) in [5.74, 6) is 3.45. The van der Waals surface area contributed by atoms with Crippen molar-refractivity contribution < 1.29 is 4.52 Å². The van der Waals surface area contributed by atoms with E-state index in [1.807, 2.05) is 31.2 Å². The van der Waals surface area contributed by atoms with Gasteiger partial charge in [0.25, 0.3) is 5.89 Å². The molecule has 1 aromatic carbocycles. The first-order valence-corrected chi connectivity index (χ1v) is 8.68. The lowest BCUT2D eigenvalue weighted by molar-refractivity contribution is 0.190. The number of H-pyrrole nitrogens is 1. The zero-order valence-corrected chi connectivity index (χ0v) is 14.6. The van der Waals surface area contributed by atoms with Crippen LogP contribution in [-0.4, -0.2) is 43.3 Å². The number of aryl methyl sites for hydroxylation is 2. The molecule has 1 fully saturated rings. The van der Waals surface area contributed by atoms with E-state index in [2.05, 4.69) is 37.1 Å². The molecule has 0 unspecified atom stereocenters. The van der Waals surface area contributed by atoms with E-state index in [4.69, 9.17) is 4.52 Å². The van der Waals surface area contributed by atoms with Crippen molar-refractivity contribution in [2.45, 2.75) is 39.2 Å². The first-order valence-electron chi connectivity index (χ1n) is 8.68. The summed E-state index contributed by atoms with van der Waals surface area (Å²) in [6.07, 6.45) is 2.25. The van der Waals surface area contributed by atoms with Crippen LogP contribution >= 0.6 is 0 Å². The molecule has 0 aliphatic carbocycles. The number of aromatic nitrogens is 5. The number of rotatable bonds is 4. The van der Waals surface area contributed by atoms with Crippen molar-refractivity contribution in [3.63, 3.8) is 0 Å². The Morgan fingerprint density at radius 3 is 2.80 bits per heavy atom. The molecule has 1 aliphatic rings. The second-order valence-corrected chi connectivity index (χ2v) is 6.74.